The molecule has 3 rings (SSSR count). The van der Waals surface area contributed by atoms with E-state index in [1.165, 1.54) is 19.3 Å². The second kappa shape index (κ2) is 12.8. The summed E-state index contributed by atoms with van der Waals surface area (Å²) >= 11 is 0. The topological polar surface area (TPSA) is 71.2 Å². The molecule has 1 aromatic carbocycles. The number of nitrogens with zero attached hydrogens (tertiary/aromatic N) is 3. The number of hydrogen-bond acceptors (Lipinski definition) is 7. The molecule has 1 unspecified atom stereocenters. The van der Waals surface area contributed by atoms with Crippen LogP contribution in [0.4, 0.5) is 5.88 Å². The van der Waals surface area contributed by atoms with Crippen LogP contribution in [0, 0.1) is 0 Å². The Morgan fingerprint density at radius 2 is 1.97 bits per heavy atom. The largest absolute Gasteiger partial charge is 0.389 e. The lowest BCUT2D eigenvalue weighted by molar-refractivity contribution is 0.0181. The molecule has 1 aliphatic heterocycles. The van der Waals surface area contributed by atoms with Crippen LogP contribution >= 0.6 is 0 Å². The van der Waals surface area contributed by atoms with Crippen molar-refractivity contribution in [2.45, 2.75) is 45.3 Å². The Bertz CT molecular complexity index is 747. The molecule has 1 atom stereocenters. The van der Waals surface area contributed by atoms with E-state index in [2.05, 4.69) is 27.1 Å². The van der Waals surface area contributed by atoms with E-state index in [1.54, 1.807) is 7.11 Å². The van der Waals surface area contributed by atoms with Crippen molar-refractivity contribution >= 4 is 5.88 Å². The second-order valence-electron chi connectivity index (χ2n) is 8.12. The monoisotopic (exact) mass is 431 g/mol. The van der Waals surface area contributed by atoms with Crippen molar-refractivity contribution in [2.75, 3.05) is 58.0 Å². The summed E-state index contributed by atoms with van der Waals surface area (Å²) < 4.78 is 16.6. The Morgan fingerprint density at radius 3 is 2.68 bits per heavy atom. The van der Waals surface area contributed by atoms with Crippen LogP contribution in [-0.4, -0.2) is 74.4 Å². The van der Waals surface area contributed by atoms with Gasteiger partial charge >= 0.3 is 0 Å². The van der Waals surface area contributed by atoms with Crippen molar-refractivity contribution in [3.05, 3.63) is 35.9 Å². The number of ether oxygens (including phenoxy) is 2. The minimum Gasteiger partial charge on any atom is -0.389 e. The summed E-state index contributed by atoms with van der Waals surface area (Å²) in [6.45, 7) is 7.56. The lowest BCUT2D eigenvalue weighted by atomic mass is 10.1. The maximum absolute atomic E-state index is 10.5. The van der Waals surface area contributed by atoms with E-state index in [4.69, 9.17) is 14.0 Å². The van der Waals surface area contributed by atoms with Crippen LogP contribution in [0.5, 0.6) is 0 Å². The number of piperidine rings is 1. The van der Waals surface area contributed by atoms with Gasteiger partial charge in [0.05, 0.1) is 18.3 Å². The Kier molecular flexibility index (Phi) is 9.81. The highest BCUT2D eigenvalue weighted by Gasteiger charge is 2.26. The molecule has 172 valence electrons. The van der Waals surface area contributed by atoms with Crippen LogP contribution in [0.1, 0.15) is 38.2 Å². The predicted octanol–water partition coefficient (Wildman–Crippen LogP) is 3.57. The molecule has 7 nitrogen and oxygen atoms in total. The first-order valence-corrected chi connectivity index (χ1v) is 11.5. The maximum Gasteiger partial charge on any atom is 0.232 e. The van der Waals surface area contributed by atoms with E-state index >= 15 is 0 Å². The Hall–Kier alpha value is -1.93. The van der Waals surface area contributed by atoms with E-state index in [0.29, 0.717) is 32.9 Å². The van der Waals surface area contributed by atoms with E-state index in [1.807, 2.05) is 25.1 Å². The van der Waals surface area contributed by atoms with Gasteiger partial charge in [-0.05, 0) is 32.6 Å². The third-order valence-corrected chi connectivity index (χ3v) is 5.65. The fourth-order valence-corrected chi connectivity index (χ4v) is 4.11. The highest BCUT2D eigenvalue weighted by Crippen LogP contribution is 2.33. The summed E-state index contributed by atoms with van der Waals surface area (Å²) in [5, 5.41) is 15.0. The van der Waals surface area contributed by atoms with E-state index in [-0.39, 0.29) is 0 Å². The molecule has 0 aliphatic carbocycles. The first kappa shape index (κ1) is 23.7. The molecule has 0 amide bonds. The average Bonchev–Trinajstić information content (AvgIpc) is 3.22. The number of rotatable bonds is 13. The van der Waals surface area contributed by atoms with Gasteiger partial charge in [0, 0.05) is 58.6 Å². The van der Waals surface area contributed by atoms with Gasteiger partial charge in [-0.1, -0.05) is 35.5 Å². The molecule has 1 fully saturated rings. The average molecular weight is 432 g/mol. The molecule has 0 spiro atoms. The van der Waals surface area contributed by atoms with Crippen LogP contribution in [0.15, 0.2) is 34.9 Å². The Morgan fingerprint density at radius 1 is 1.19 bits per heavy atom. The SMILES string of the molecule is CCOCC(O)CN(CCCOC)Cc1c(-c2ccccc2)noc1N1CCCCC1. The number of anilines is 1. The standard InChI is InChI=1S/C24H37N3O4/c1-3-30-19-21(28)17-26(13-10-16-29-2)18-22-23(20-11-6-4-7-12-20)25-31-24(22)27-14-8-5-9-15-27/h4,6-7,11-12,21,28H,3,5,8-10,13-19H2,1-2H3. The molecule has 1 aliphatic rings. The van der Waals surface area contributed by atoms with Crippen molar-refractivity contribution < 1.29 is 19.1 Å². The number of aliphatic hydroxyl groups excluding tert-OH is 1. The highest BCUT2D eigenvalue weighted by atomic mass is 16.5. The minimum absolute atomic E-state index is 0.339. The molecule has 0 bridgehead atoms. The third-order valence-electron chi connectivity index (χ3n) is 5.65. The van der Waals surface area contributed by atoms with Crippen LogP contribution < -0.4 is 4.90 Å². The number of aromatic nitrogens is 1. The van der Waals surface area contributed by atoms with Gasteiger partial charge in [-0.3, -0.25) is 4.90 Å². The van der Waals surface area contributed by atoms with E-state index < -0.39 is 6.10 Å². The lowest BCUT2D eigenvalue weighted by Crippen LogP contribution is -2.36. The molecular weight excluding hydrogens is 394 g/mol. The molecule has 7 heteroatoms. The summed E-state index contributed by atoms with van der Waals surface area (Å²) in [4.78, 5) is 4.58. The van der Waals surface area contributed by atoms with Crippen molar-refractivity contribution in [1.29, 1.82) is 0 Å². The van der Waals surface area contributed by atoms with Gasteiger partial charge in [0.2, 0.25) is 5.88 Å². The summed E-state index contributed by atoms with van der Waals surface area (Å²) in [5.74, 6) is 0.870. The van der Waals surface area contributed by atoms with Crippen LogP contribution in [-0.2, 0) is 16.0 Å². The maximum atomic E-state index is 10.5. The molecule has 2 heterocycles. The second-order valence-corrected chi connectivity index (χ2v) is 8.12. The number of hydrogen-bond donors (Lipinski definition) is 1. The van der Waals surface area contributed by atoms with Crippen molar-refractivity contribution in [3.8, 4) is 11.3 Å². The molecular formula is C24H37N3O4. The number of methoxy groups -OCH3 is 1. The molecule has 0 radical (unpaired) electrons. The van der Waals surface area contributed by atoms with Crippen molar-refractivity contribution in [2.24, 2.45) is 0 Å². The molecule has 31 heavy (non-hydrogen) atoms. The van der Waals surface area contributed by atoms with Gasteiger partial charge in [0.1, 0.15) is 5.69 Å². The Balaban J connectivity index is 1.85. The zero-order chi connectivity index (χ0) is 21.9. The lowest BCUT2D eigenvalue weighted by Gasteiger charge is -2.29. The first-order valence-electron chi connectivity index (χ1n) is 11.5. The van der Waals surface area contributed by atoms with Gasteiger partial charge in [0.25, 0.3) is 0 Å². The normalized spacial score (nSPS) is 15.5. The van der Waals surface area contributed by atoms with Crippen molar-refractivity contribution in [1.82, 2.24) is 10.1 Å². The summed E-state index contributed by atoms with van der Waals surface area (Å²) in [7, 11) is 1.72. The van der Waals surface area contributed by atoms with E-state index in [9.17, 15) is 5.11 Å². The molecule has 1 saturated heterocycles. The van der Waals surface area contributed by atoms with Crippen LogP contribution in [0.25, 0.3) is 11.3 Å². The fraction of sp³-hybridized carbons (Fsp3) is 0.625. The van der Waals surface area contributed by atoms with Crippen LogP contribution in [0.2, 0.25) is 0 Å². The molecule has 1 aromatic heterocycles. The summed E-state index contributed by atoms with van der Waals surface area (Å²) in [6, 6.07) is 10.2. The number of aliphatic hydroxyl groups is 1. The first-order chi connectivity index (χ1) is 15.2. The minimum atomic E-state index is -0.541. The zero-order valence-corrected chi connectivity index (χ0v) is 19.0. The fourth-order valence-electron chi connectivity index (χ4n) is 4.11. The molecule has 1 N–H and O–H groups in total. The van der Waals surface area contributed by atoms with Crippen LogP contribution in [0.3, 0.4) is 0 Å². The van der Waals surface area contributed by atoms with Gasteiger partial charge in [-0.25, -0.2) is 0 Å². The zero-order valence-electron chi connectivity index (χ0n) is 19.0. The summed E-state index contributed by atoms with van der Waals surface area (Å²) in [6.07, 6.45) is 3.96. The third kappa shape index (κ3) is 7.04. The van der Waals surface area contributed by atoms with E-state index in [0.717, 1.165) is 48.8 Å². The highest BCUT2D eigenvalue weighted by molar-refractivity contribution is 5.68. The summed E-state index contributed by atoms with van der Waals surface area (Å²) in [5.41, 5.74) is 3.03. The van der Waals surface area contributed by atoms with Gasteiger partial charge < -0.3 is 24.0 Å². The molecule has 0 saturated carbocycles. The van der Waals surface area contributed by atoms with Gasteiger partial charge in [-0.15, -0.1) is 0 Å². The predicted molar refractivity (Wildman–Crippen MR) is 122 cm³/mol. The quantitative estimate of drug-likeness (QED) is 0.486. The van der Waals surface area contributed by atoms with Gasteiger partial charge in [0.15, 0.2) is 0 Å². The van der Waals surface area contributed by atoms with Gasteiger partial charge in [-0.2, -0.15) is 0 Å². The molecule has 2 aromatic rings. The Labute approximate surface area is 185 Å². The number of benzene rings is 1. The van der Waals surface area contributed by atoms with Crippen molar-refractivity contribution in [3.63, 3.8) is 0 Å². The smallest absolute Gasteiger partial charge is 0.232 e.